The number of ketones is 1. The van der Waals surface area contributed by atoms with E-state index in [-0.39, 0.29) is 11.3 Å². The predicted octanol–water partition coefficient (Wildman–Crippen LogP) is 4.53. The third-order valence-corrected chi connectivity index (χ3v) is 4.38. The summed E-state index contributed by atoms with van der Waals surface area (Å²) in [7, 11) is 0. The van der Waals surface area contributed by atoms with E-state index < -0.39 is 5.56 Å². The SMILES string of the molecule is CC(=O)c1c(-c2ccccc2)c2[nH]c3ccc(Cl)cc3c2[nH]c1=O. The van der Waals surface area contributed by atoms with E-state index in [1.165, 1.54) is 6.92 Å². The molecule has 4 aromatic rings. The van der Waals surface area contributed by atoms with Gasteiger partial charge in [-0.25, -0.2) is 0 Å². The molecule has 118 valence electrons. The molecule has 5 heteroatoms. The van der Waals surface area contributed by atoms with Gasteiger partial charge in [0.1, 0.15) is 0 Å². The van der Waals surface area contributed by atoms with Crippen molar-refractivity contribution < 1.29 is 4.79 Å². The fraction of sp³-hybridized carbons (Fsp3) is 0.0526. The Morgan fingerprint density at radius 3 is 2.46 bits per heavy atom. The second-order valence-electron chi connectivity index (χ2n) is 5.69. The van der Waals surface area contributed by atoms with Crippen molar-refractivity contribution >= 4 is 39.3 Å². The van der Waals surface area contributed by atoms with Gasteiger partial charge in [-0.05, 0) is 30.7 Å². The highest BCUT2D eigenvalue weighted by Gasteiger charge is 2.20. The highest BCUT2D eigenvalue weighted by molar-refractivity contribution is 6.32. The zero-order valence-electron chi connectivity index (χ0n) is 12.8. The van der Waals surface area contributed by atoms with Crippen LogP contribution >= 0.6 is 11.6 Å². The molecular formula is C19H13ClN2O2. The van der Waals surface area contributed by atoms with E-state index in [9.17, 15) is 9.59 Å². The number of Topliss-reactive ketones (excluding diaryl/α,β-unsaturated/α-hetero) is 1. The zero-order chi connectivity index (χ0) is 16.8. The van der Waals surface area contributed by atoms with Crippen LogP contribution in [0, 0.1) is 0 Å². The first kappa shape index (κ1) is 14.7. The highest BCUT2D eigenvalue weighted by atomic mass is 35.5. The Morgan fingerprint density at radius 2 is 1.75 bits per heavy atom. The van der Waals surface area contributed by atoms with Crippen LogP contribution in [0.15, 0.2) is 53.3 Å². The summed E-state index contributed by atoms with van der Waals surface area (Å²) in [5.41, 5.74) is 3.43. The maximum Gasteiger partial charge on any atom is 0.260 e. The van der Waals surface area contributed by atoms with Crippen molar-refractivity contribution in [1.29, 1.82) is 0 Å². The molecule has 0 aliphatic rings. The lowest BCUT2D eigenvalue weighted by molar-refractivity contribution is 0.101. The van der Waals surface area contributed by atoms with Gasteiger partial charge in [0.2, 0.25) is 0 Å². The van der Waals surface area contributed by atoms with Gasteiger partial charge in [-0.15, -0.1) is 0 Å². The van der Waals surface area contributed by atoms with E-state index in [1.807, 2.05) is 36.4 Å². The average molecular weight is 337 g/mol. The molecule has 0 spiro atoms. The number of pyridine rings is 1. The second kappa shape index (κ2) is 5.35. The first-order valence-corrected chi connectivity index (χ1v) is 7.87. The molecule has 0 saturated heterocycles. The molecule has 2 aromatic carbocycles. The minimum atomic E-state index is -0.394. The van der Waals surface area contributed by atoms with E-state index in [0.717, 1.165) is 22.0 Å². The molecule has 4 nitrogen and oxygen atoms in total. The first-order valence-electron chi connectivity index (χ1n) is 7.50. The van der Waals surface area contributed by atoms with Crippen LogP contribution in [-0.2, 0) is 0 Å². The Kier molecular flexibility index (Phi) is 3.28. The number of nitrogens with one attached hydrogen (secondary N) is 2. The Hall–Kier alpha value is -2.85. The summed E-state index contributed by atoms with van der Waals surface area (Å²) in [4.78, 5) is 30.8. The van der Waals surface area contributed by atoms with Crippen LogP contribution in [0.3, 0.4) is 0 Å². The summed E-state index contributed by atoms with van der Waals surface area (Å²) < 4.78 is 0. The number of hydrogen-bond acceptors (Lipinski definition) is 2. The minimum Gasteiger partial charge on any atom is -0.353 e. The standard InChI is InChI=1S/C19H13ClN2O2/c1-10(23)15-16(11-5-3-2-4-6-11)18-17(22-19(15)24)13-9-12(20)7-8-14(13)21-18/h2-9,21H,1H3,(H,22,24). The van der Waals surface area contributed by atoms with Gasteiger partial charge in [0.05, 0.1) is 16.6 Å². The van der Waals surface area contributed by atoms with Crippen LogP contribution < -0.4 is 5.56 Å². The molecule has 2 heterocycles. The number of rotatable bonds is 2. The molecule has 0 unspecified atom stereocenters. The van der Waals surface area contributed by atoms with Gasteiger partial charge in [-0.2, -0.15) is 0 Å². The van der Waals surface area contributed by atoms with Gasteiger partial charge in [0.15, 0.2) is 5.78 Å². The molecule has 0 saturated carbocycles. The number of aromatic amines is 2. The fourth-order valence-electron chi connectivity index (χ4n) is 3.13. The van der Waals surface area contributed by atoms with Crippen LogP contribution in [0.25, 0.3) is 33.1 Å². The number of carbonyl (C=O) groups is 1. The summed E-state index contributed by atoms with van der Waals surface area (Å²) in [6.45, 7) is 1.41. The number of hydrogen-bond donors (Lipinski definition) is 2. The van der Waals surface area contributed by atoms with Crippen molar-refractivity contribution in [2.75, 3.05) is 0 Å². The fourth-order valence-corrected chi connectivity index (χ4v) is 3.30. The van der Waals surface area contributed by atoms with Crippen molar-refractivity contribution in [3.05, 3.63) is 69.5 Å². The number of fused-ring (bicyclic) bond motifs is 3. The molecule has 0 atom stereocenters. The van der Waals surface area contributed by atoms with Gasteiger partial charge in [0, 0.05) is 21.5 Å². The molecule has 0 aliphatic heterocycles. The van der Waals surface area contributed by atoms with Crippen molar-refractivity contribution in [3.8, 4) is 11.1 Å². The number of halogens is 1. The van der Waals surface area contributed by atoms with Gasteiger partial charge < -0.3 is 9.97 Å². The molecule has 2 N–H and O–H groups in total. The van der Waals surface area contributed by atoms with Gasteiger partial charge >= 0.3 is 0 Å². The molecule has 0 bridgehead atoms. The predicted molar refractivity (Wildman–Crippen MR) is 96.9 cm³/mol. The zero-order valence-corrected chi connectivity index (χ0v) is 13.6. The third kappa shape index (κ3) is 2.15. The topological polar surface area (TPSA) is 65.7 Å². The highest BCUT2D eigenvalue weighted by Crippen LogP contribution is 2.34. The molecule has 0 radical (unpaired) electrons. The molecule has 0 amide bonds. The van der Waals surface area contributed by atoms with Crippen LogP contribution in [0.2, 0.25) is 5.02 Å². The molecule has 0 aliphatic carbocycles. The average Bonchev–Trinajstić information content (AvgIpc) is 2.91. The van der Waals surface area contributed by atoms with Crippen molar-refractivity contribution in [2.45, 2.75) is 6.92 Å². The summed E-state index contributed by atoms with van der Waals surface area (Å²) in [5, 5.41) is 1.41. The summed E-state index contributed by atoms with van der Waals surface area (Å²) >= 11 is 6.09. The number of H-pyrrole nitrogens is 2. The lowest BCUT2D eigenvalue weighted by Crippen LogP contribution is -2.17. The van der Waals surface area contributed by atoms with E-state index in [1.54, 1.807) is 12.1 Å². The maximum atomic E-state index is 12.6. The Morgan fingerprint density at radius 1 is 1.00 bits per heavy atom. The van der Waals surface area contributed by atoms with Crippen molar-refractivity contribution in [1.82, 2.24) is 9.97 Å². The van der Waals surface area contributed by atoms with Crippen molar-refractivity contribution in [2.24, 2.45) is 0 Å². The van der Waals surface area contributed by atoms with Gasteiger partial charge in [-0.3, -0.25) is 9.59 Å². The van der Waals surface area contributed by atoms with E-state index in [2.05, 4.69) is 9.97 Å². The summed E-state index contributed by atoms with van der Waals surface area (Å²) in [6.07, 6.45) is 0. The summed E-state index contributed by atoms with van der Waals surface area (Å²) in [5.74, 6) is -0.270. The largest absolute Gasteiger partial charge is 0.353 e. The lowest BCUT2D eigenvalue weighted by atomic mass is 9.97. The van der Waals surface area contributed by atoms with Gasteiger partial charge in [-0.1, -0.05) is 41.9 Å². The summed E-state index contributed by atoms with van der Waals surface area (Å²) in [6, 6.07) is 14.9. The Balaban J connectivity index is 2.25. The lowest BCUT2D eigenvalue weighted by Gasteiger charge is -2.08. The first-order chi connectivity index (χ1) is 11.6. The Labute approximate surface area is 142 Å². The quantitative estimate of drug-likeness (QED) is 0.528. The number of aromatic nitrogens is 2. The minimum absolute atomic E-state index is 0.159. The van der Waals surface area contributed by atoms with E-state index in [4.69, 9.17) is 11.6 Å². The monoisotopic (exact) mass is 336 g/mol. The van der Waals surface area contributed by atoms with E-state index in [0.29, 0.717) is 16.1 Å². The number of carbonyl (C=O) groups excluding carboxylic acids is 1. The molecule has 4 rings (SSSR count). The Bertz CT molecular complexity index is 1160. The second-order valence-corrected chi connectivity index (χ2v) is 6.13. The molecule has 24 heavy (non-hydrogen) atoms. The molecule has 0 fully saturated rings. The van der Waals surface area contributed by atoms with Crippen LogP contribution in [-0.4, -0.2) is 15.8 Å². The van der Waals surface area contributed by atoms with Gasteiger partial charge in [0.25, 0.3) is 5.56 Å². The third-order valence-electron chi connectivity index (χ3n) is 4.14. The normalized spacial score (nSPS) is 11.2. The van der Waals surface area contributed by atoms with Crippen LogP contribution in [0.5, 0.6) is 0 Å². The van der Waals surface area contributed by atoms with E-state index >= 15 is 0 Å². The molecule has 2 aromatic heterocycles. The number of benzene rings is 2. The maximum absolute atomic E-state index is 12.6. The van der Waals surface area contributed by atoms with Crippen LogP contribution in [0.4, 0.5) is 0 Å². The van der Waals surface area contributed by atoms with Crippen molar-refractivity contribution in [3.63, 3.8) is 0 Å². The molecular weight excluding hydrogens is 324 g/mol. The smallest absolute Gasteiger partial charge is 0.260 e. The van der Waals surface area contributed by atoms with Crippen LogP contribution in [0.1, 0.15) is 17.3 Å².